The van der Waals surface area contributed by atoms with E-state index >= 15 is 0 Å². The number of benzene rings is 4. The largest absolute Gasteiger partial charge is 0.493 e. The van der Waals surface area contributed by atoms with Gasteiger partial charge in [0.05, 0.1) is 18.9 Å². The first-order chi connectivity index (χ1) is 19.4. The predicted octanol–water partition coefficient (Wildman–Crippen LogP) is 7.81. The number of hydrogen-bond acceptors (Lipinski definition) is 6. The van der Waals surface area contributed by atoms with Crippen molar-refractivity contribution in [1.82, 2.24) is 4.98 Å². The van der Waals surface area contributed by atoms with Gasteiger partial charge in [0.1, 0.15) is 17.3 Å². The van der Waals surface area contributed by atoms with Crippen LogP contribution in [0.3, 0.4) is 0 Å². The Balaban J connectivity index is 1.27. The first kappa shape index (κ1) is 27.0. The molecule has 204 valence electrons. The molecule has 0 N–H and O–H groups in total. The van der Waals surface area contributed by atoms with E-state index in [1.165, 1.54) is 5.56 Å². The first-order valence-electron chi connectivity index (χ1n) is 13.5. The van der Waals surface area contributed by atoms with E-state index in [0.717, 1.165) is 39.1 Å². The van der Waals surface area contributed by atoms with Crippen LogP contribution in [-0.2, 0) is 16.0 Å². The van der Waals surface area contributed by atoms with E-state index in [9.17, 15) is 4.79 Å². The fourth-order valence-electron chi connectivity index (χ4n) is 4.56. The molecule has 0 fully saturated rings. The molecule has 6 heteroatoms. The van der Waals surface area contributed by atoms with Crippen molar-refractivity contribution in [3.8, 4) is 34.1 Å². The van der Waals surface area contributed by atoms with Gasteiger partial charge in [-0.2, -0.15) is 0 Å². The van der Waals surface area contributed by atoms with Crippen molar-refractivity contribution in [2.24, 2.45) is 0 Å². The standard InChI is InChI=1S/C34H33NO5/c1-5-37-33(36)34(3,4)40-31-20-19-30(27-13-9-10-14-28(27)31)38-22-21-29-23(2)39-32(35-29)26-17-15-25(16-18-26)24-11-7-6-8-12-24/h6-20H,5,21-22H2,1-4H3. The molecule has 0 radical (unpaired) electrons. The molecule has 4 aromatic carbocycles. The van der Waals surface area contributed by atoms with Crippen molar-refractivity contribution in [3.05, 3.63) is 102 Å². The highest BCUT2D eigenvalue weighted by Crippen LogP contribution is 2.35. The van der Waals surface area contributed by atoms with Crippen LogP contribution in [-0.4, -0.2) is 29.8 Å². The SMILES string of the molecule is CCOC(=O)C(C)(C)Oc1ccc(OCCc2nc(-c3ccc(-c4ccccc4)cc3)oc2C)c2ccccc12. The maximum atomic E-state index is 12.4. The minimum atomic E-state index is -1.12. The molecule has 0 aliphatic rings. The van der Waals surface area contributed by atoms with Gasteiger partial charge in [-0.1, -0.05) is 66.7 Å². The van der Waals surface area contributed by atoms with Crippen molar-refractivity contribution >= 4 is 16.7 Å². The zero-order chi connectivity index (χ0) is 28.1. The molecule has 1 heterocycles. The molecule has 6 nitrogen and oxygen atoms in total. The van der Waals surface area contributed by atoms with Crippen LogP contribution in [0.25, 0.3) is 33.4 Å². The van der Waals surface area contributed by atoms with E-state index in [2.05, 4.69) is 24.3 Å². The van der Waals surface area contributed by atoms with Crippen molar-refractivity contribution < 1.29 is 23.4 Å². The highest BCUT2D eigenvalue weighted by atomic mass is 16.6. The molecule has 0 amide bonds. The van der Waals surface area contributed by atoms with Gasteiger partial charge in [-0.3, -0.25) is 0 Å². The maximum Gasteiger partial charge on any atom is 0.349 e. The summed E-state index contributed by atoms with van der Waals surface area (Å²) in [5.41, 5.74) is 3.00. The lowest BCUT2D eigenvalue weighted by atomic mass is 10.0. The van der Waals surface area contributed by atoms with E-state index in [0.29, 0.717) is 31.3 Å². The van der Waals surface area contributed by atoms with Gasteiger partial charge in [0.15, 0.2) is 5.60 Å². The quantitative estimate of drug-likeness (QED) is 0.170. The fourth-order valence-corrected chi connectivity index (χ4v) is 4.56. The molecule has 0 spiro atoms. The summed E-state index contributed by atoms with van der Waals surface area (Å²) in [6, 6.07) is 30.0. The average Bonchev–Trinajstić information content (AvgIpc) is 3.35. The Labute approximate surface area is 234 Å². The molecule has 0 atom stereocenters. The Morgan fingerprint density at radius 1 is 0.800 bits per heavy atom. The molecule has 1 aromatic heterocycles. The molecule has 0 unspecified atom stereocenters. The van der Waals surface area contributed by atoms with Crippen LogP contribution in [0.4, 0.5) is 0 Å². The van der Waals surface area contributed by atoms with Crippen LogP contribution in [0.2, 0.25) is 0 Å². The highest BCUT2D eigenvalue weighted by Gasteiger charge is 2.32. The number of fused-ring (bicyclic) bond motifs is 1. The number of carbonyl (C=O) groups is 1. The second kappa shape index (κ2) is 11.7. The molecule has 5 rings (SSSR count). The topological polar surface area (TPSA) is 70.8 Å². The van der Waals surface area contributed by atoms with Crippen molar-refractivity contribution in [2.75, 3.05) is 13.2 Å². The third-order valence-electron chi connectivity index (χ3n) is 6.70. The van der Waals surface area contributed by atoms with Gasteiger partial charge in [0, 0.05) is 22.8 Å². The van der Waals surface area contributed by atoms with E-state index in [1.54, 1.807) is 20.8 Å². The van der Waals surface area contributed by atoms with Crippen LogP contribution in [0, 0.1) is 6.92 Å². The van der Waals surface area contributed by atoms with Crippen molar-refractivity contribution in [3.63, 3.8) is 0 Å². The summed E-state index contributed by atoms with van der Waals surface area (Å²) in [5.74, 6) is 2.30. The maximum absolute atomic E-state index is 12.4. The Kier molecular flexibility index (Phi) is 7.87. The van der Waals surface area contributed by atoms with Crippen LogP contribution < -0.4 is 9.47 Å². The number of aromatic nitrogens is 1. The lowest BCUT2D eigenvalue weighted by molar-refractivity contribution is -0.158. The highest BCUT2D eigenvalue weighted by molar-refractivity contribution is 5.93. The third-order valence-corrected chi connectivity index (χ3v) is 6.70. The molecule has 40 heavy (non-hydrogen) atoms. The lowest BCUT2D eigenvalue weighted by Gasteiger charge is -2.25. The third kappa shape index (κ3) is 5.86. The van der Waals surface area contributed by atoms with E-state index in [-0.39, 0.29) is 0 Å². The molecule has 0 aliphatic heterocycles. The fraction of sp³-hybridized carbons (Fsp3) is 0.235. The van der Waals surface area contributed by atoms with Gasteiger partial charge in [-0.15, -0.1) is 0 Å². The second-order valence-corrected chi connectivity index (χ2v) is 10.0. The van der Waals surface area contributed by atoms with E-state index in [4.69, 9.17) is 23.6 Å². The van der Waals surface area contributed by atoms with Crippen LogP contribution in [0.5, 0.6) is 11.5 Å². The summed E-state index contributed by atoms with van der Waals surface area (Å²) < 4.78 is 23.5. The first-order valence-corrected chi connectivity index (χ1v) is 13.5. The number of nitrogens with zero attached hydrogens (tertiary/aromatic N) is 1. The zero-order valence-corrected chi connectivity index (χ0v) is 23.3. The Hall–Kier alpha value is -4.58. The second-order valence-electron chi connectivity index (χ2n) is 10.0. The predicted molar refractivity (Wildman–Crippen MR) is 157 cm³/mol. The lowest BCUT2D eigenvalue weighted by Crippen LogP contribution is -2.39. The van der Waals surface area contributed by atoms with Crippen molar-refractivity contribution in [2.45, 2.75) is 39.7 Å². The molecular formula is C34H33NO5. The number of ether oxygens (including phenoxy) is 3. The van der Waals surface area contributed by atoms with Gasteiger partial charge in [-0.05, 0) is 63.1 Å². The molecular weight excluding hydrogens is 502 g/mol. The van der Waals surface area contributed by atoms with Crippen molar-refractivity contribution in [1.29, 1.82) is 0 Å². The normalized spacial score (nSPS) is 11.4. The minimum absolute atomic E-state index is 0.298. The summed E-state index contributed by atoms with van der Waals surface area (Å²) in [7, 11) is 0. The average molecular weight is 536 g/mol. The van der Waals surface area contributed by atoms with Gasteiger partial charge in [0.25, 0.3) is 0 Å². The zero-order valence-electron chi connectivity index (χ0n) is 23.3. The molecule has 0 saturated heterocycles. The Bertz CT molecular complexity index is 1600. The molecule has 0 bridgehead atoms. The molecule has 0 aliphatic carbocycles. The number of hydrogen-bond donors (Lipinski definition) is 0. The Morgan fingerprint density at radius 3 is 2.10 bits per heavy atom. The van der Waals surface area contributed by atoms with E-state index < -0.39 is 11.6 Å². The summed E-state index contributed by atoms with van der Waals surface area (Å²) in [5, 5.41) is 1.76. The number of esters is 1. The number of aryl methyl sites for hydroxylation is 1. The van der Waals surface area contributed by atoms with Gasteiger partial charge >= 0.3 is 5.97 Å². The van der Waals surface area contributed by atoms with Gasteiger partial charge in [-0.25, -0.2) is 9.78 Å². The van der Waals surface area contributed by atoms with Crippen LogP contribution in [0.1, 0.15) is 32.2 Å². The summed E-state index contributed by atoms with van der Waals surface area (Å²) >= 11 is 0. The summed E-state index contributed by atoms with van der Waals surface area (Å²) in [6.07, 6.45) is 0.597. The summed E-state index contributed by atoms with van der Waals surface area (Å²) in [6.45, 7) is 7.84. The number of oxazole rings is 1. The molecule has 0 saturated carbocycles. The smallest absolute Gasteiger partial charge is 0.349 e. The van der Waals surface area contributed by atoms with Gasteiger partial charge < -0.3 is 18.6 Å². The summed E-state index contributed by atoms with van der Waals surface area (Å²) in [4.78, 5) is 17.1. The van der Waals surface area contributed by atoms with Crippen LogP contribution >= 0.6 is 0 Å². The number of carbonyl (C=O) groups excluding carboxylic acids is 1. The Morgan fingerprint density at radius 2 is 1.40 bits per heavy atom. The van der Waals surface area contributed by atoms with Gasteiger partial charge in [0.2, 0.25) is 5.89 Å². The minimum Gasteiger partial charge on any atom is -0.493 e. The number of rotatable bonds is 10. The van der Waals surface area contributed by atoms with E-state index in [1.807, 2.05) is 73.7 Å². The van der Waals surface area contributed by atoms with Crippen LogP contribution in [0.15, 0.2) is 95.4 Å². The monoisotopic (exact) mass is 535 g/mol. The molecule has 5 aromatic rings.